The van der Waals surface area contributed by atoms with E-state index in [-0.39, 0.29) is 18.5 Å². The fraction of sp³-hybridized carbons (Fsp3) is 0.538. The normalized spacial score (nSPS) is 18.8. The largest absolute Gasteiger partial charge is 0.417 e. The number of hydrazine groups is 1. The number of halogens is 3. The first kappa shape index (κ1) is 15.7. The Balaban J connectivity index is 1.96. The van der Waals surface area contributed by atoms with Crippen LogP contribution in [0.15, 0.2) is 18.3 Å². The van der Waals surface area contributed by atoms with E-state index in [0.29, 0.717) is 18.9 Å². The fourth-order valence-corrected chi connectivity index (χ4v) is 2.09. The molecule has 21 heavy (non-hydrogen) atoms. The summed E-state index contributed by atoms with van der Waals surface area (Å²) in [7, 11) is 0. The number of carbonyl (C=O) groups excluding carboxylic acids is 1. The van der Waals surface area contributed by atoms with E-state index in [1.165, 1.54) is 18.0 Å². The Bertz CT molecular complexity index is 484. The number of nitrogens with zero attached hydrogens (tertiary/aromatic N) is 2. The summed E-state index contributed by atoms with van der Waals surface area (Å²) in [5, 5.41) is 1.45. The van der Waals surface area contributed by atoms with Crippen LogP contribution in [0.3, 0.4) is 0 Å². The SMILES string of the molecule is CC(=O)N(NCc1ccc(C(F)(F)F)cn1)[C@@H]1CCOC1. The predicted octanol–water partition coefficient (Wildman–Crippen LogP) is 1.74. The van der Waals surface area contributed by atoms with Crippen LogP contribution >= 0.6 is 0 Å². The summed E-state index contributed by atoms with van der Waals surface area (Å²) in [6, 6.07) is 2.21. The van der Waals surface area contributed by atoms with E-state index in [9.17, 15) is 18.0 Å². The van der Waals surface area contributed by atoms with Crippen molar-refractivity contribution < 1.29 is 22.7 Å². The molecule has 1 N–H and O–H groups in total. The van der Waals surface area contributed by atoms with Crippen LogP contribution in [0.1, 0.15) is 24.6 Å². The van der Waals surface area contributed by atoms with Gasteiger partial charge in [-0.15, -0.1) is 0 Å². The van der Waals surface area contributed by atoms with Crippen molar-refractivity contribution in [1.29, 1.82) is 0 Å². The van der Waals surface area contributed by atoms with Crippen molar-refractivity contribution in [3.63, 3.8) is 0 Å². The molecule has 2 rings (SSSR count). The van der Waals surface area contributed by atoms with Crippen molar-refractivity contribution in [2.75, 3.05) is 13.2 Å². The molecule has 2 heterocycles. The summed E-state index contributed by atoms with van der Waals surface area (Å²) in [5.74, 6) is -0.169. The van der Waals surface area contributed by atoms with E-state index in [1.807, 2.05) is 0 Å². The molecular formula is C13H16F3N3O2. The number of hydrogen-bond donors (Lipinski definition) is 1. The van der Waals surface area contributed by atoms with Gasteiger partial charge < -0.3 is 4.74 Å². The summed E-state index contributed by atoms with van der Waals surface area (Å²) >= 11 is 0. The molecule has 1 aliphatic heterocycles. The van der Waals surface area contributed by atoms with Crippen molar-refractivity contribution in [3.05, 3.63) is 29.6 Å². The molecule has 1 aromatic rings. The van der Waals surface area contributed by atoms with Gasteiger partial charge in [0, 0.05) is 19.7 Å². The van der Waals surface area contributed by atoms with Crippen molar-refractivity contribution in [2.45, 2.75) is 32.1 Å². The third kappa shape index (κ3) is 4.15. The van der Waals surface area contributed by atoms with Gasteiger partial charge in [0.25, 0.3) is 0 Å². The number of pyridine rings is 1. The number of carbonyl (C=O) groups is 1. The average Bonchev–Trinajstić information content (AvgIpc) is 2.92. The molecule has 8 heteroatoms. The van der Waals surface area contributed by atoms with E-state index in [1.54, 1.807) is 0 Å². The molecule has 5 nitrogen and oxygen atoms in total. The van der Waals surface area contributed by atoms with E-state index < -0.39 is 11.7 Å². The molecule has 1 atom stereocenters. The number of amides is 1. The van der Waals surface area contributed by atoms with Crippen molar-refractivity contribution in [1.82, 2.24) is 15.4 Å². The molecule has 1 aromatic heterocycles. The van der Waals surface area contributed by atoms with E-state index in [2.05, 4.69) is 10.4 Å². The highest BCUT2D eigenvalue weighted by atomic mass is 19.4. The first-order chi connectivity index (χ1) is 9.88. The molecule has 1 aliphatic rings. The predicted molar refractivity (Wildman–Crippen MR) is 67.8 cm³/mol. The van der Waals surface area contributed by atoms with Crippen LogP contribution in [0.5, 0.6) is 0 Å². The van der Waals surface area contributed by atoms with Gasteiger partial charge in [-0.3, -0.25) is 14.8 Å². The van der Waals surface area contributed by atoms with Crippen LogP contribution in [-0.2, 0) is 22.3 Å². The molecule has 0 bridgehead atoms. The van der Waals surface area contributed by atoms with Gasteiger partial charge in [0.15, 0.2) is 0 Å². The Morgan fingerprint density at radius 1 is 1.52 bits per heavy atom. The summed E-state index contributed by atoms with van der Waals surface area (Å²) in [6.45, 7) is 2.64. The first-order valence-corrected chi connectivity index (χ1v) is 6.51. The lowest BCUT2D eigenvalue weighted by atomic mass is 10.2. The Hall–Kier alpha value is -1.67. The molecule has 0 radical (unpaired) electrons. The maximum absolute atomic E-state index is 12.4. The van der Waals surface area contributed by atoms with E-state index in [0.717, 1.165) is 18.7 Å². The minimum absolute atomic E-state index is 0.0584. The van der Waals surface area contributed by atoms with E-state index >= 15 is 0 Å². The molecule has 1 fully saturated rings. The van der Waals surface area contributed by atoms with Crippen LogP contribution < -0.4 is 5.43 Å². The van der Waals surface area contributed by atoms with Gasteiger partial charge in [-0.25, -0.2) is 5.43 Å². The van der Waals surface area contributed by atoms with Gasteiger partial charge in [0.05, 0.1) is 30.5 Å². The monoisotopic (exact) mass is 303 g/mol. The third-order valence-corrected chi connectivity index (χ3v) is 3.19. The van der Waals surface area contributed by atoms with Crippen LogP contribution in [-0.4, -0.2) is 35.2 Å². The van der Waals surface area contributed by atoms with Gasteiger partial charge in [0.1, 0.15) is 0 Å². The quantitative estimate of drug-likeness (QED) is 0.861. The zero-order valence-electron chi connectivity index (χ0n) is 11.5. The Morgan fingerprint density at radius 2 is 2.29 bits per heavy atom. The van der Waals surface area contributed by atoms with Gasteiger partial charge in [-0.2, -0.15) is 13.2 Å². The van der Waals surface area contributed by atoms with Crippen LogP contribution in [0, 0.1) is 0 Å². The summed E-state index contributed by atoms with van der Waals surface area (Å²) < 4.78 is 42.5. The van der Waals surface area contributed by atoms with Gasteiger partial charge in [-0.05, 0) is 18.6 Å². The molecule has 116 valence electrons. The number of alkyl halides is 3. The van der Waals surface area contributed by atoms with Crippen LogP contribution in [0.2, 0.25) is 0 Å². The van der Waals surface area contributed by atoms with Crippen molar-refractivity contribution in [3.8, 4) is 0 Å². The minimum atomic E-state index is -4.40. The van der Waals surface area contributed by atoms with Gasteiger partial charge in [0.2, 0.25) is 5.91 Å². The molecule has 0 saturated carbocycles. The molecular weight excluding hydrogens is 287 g/mol. The number of aromatic nitrogens is 1. The van der Waals surface area contributed by atoms with Crippen molar-refractivity contribution in [2.24, 2.45) is 0 Å². The highest BCUT2D eigenvalue weighted by Crippen LogP contribution is 2.28. The lowest BCUT2D eigenvalue weighted by molar-refractivity contribution is -0.137. The summed E-state index contributed by atoms with van der Waals surface area (Å²) in [5.41, 5.74) is 2.53. The second-order valence-electron chi connectivity index (χ2n) is 4.78. The lowest BCUT2D eigenvalue weighted by Crippen LogP contribution is -2.48. The van der Waals surface area contributed by atoms with Crippen LogP contribution in [0.4, 0.5) is 13.2 Å². The number of nitrogens with one attached hydrogen (secondary N) is 1. The summed E-state index contributed by atoms with van der Waals surface area (Å²) in [6.07, 6.45) is -2.88. The zero-order chi connectivity index (χ0) is 15.5. The highest BCUT2D eigenvalue weighted by molar-refractivity contribution is 5.73. The Morgan fingerprint density at radius 3 is 2.76 bits per heavy atom. The Labute approximate surface area is 120 Å². The third-order valence-electron chi connectivity index (χ3n) is 3.19. The number of ether oxygens (including phenoxy) is 1. The Kier molecular flexibility index (Phi) is 4.79. The fourth-order valence-electron chi connectivity index (χ4n) is 2.09. The molecule has 1 saturated heterocycles. The zero-order valence-corrected chi connectivity index (χ0v) is 11.5. The van der Waals surface area contributed by atoms with Crippen molar-refractivity contribution >= 4 is 5.91 Å². The first-order valence-electron chi connectivity index (χ1n) is 6.51. The second-order valence-corrected chi connectivity index (χ2v) is 4.78. The minimum Gasteiger partial charge on any atom is -0.379 e. The molecule has 0 unspecified atom stereocenters. The summed E-state index contributed by atoms with van der Waals surface area (Å²) in [4.78, 5) is 15.3. The lowest BCUT2D eigenvalue weighted by Gasteiger charge is -2.27. The second kappa shape index (κ2) is 6.40. The highest BCUT2D eigenvalue weighted by Gasteiger charge is 2.30. The van der Waals surface area contributed by atoms with Crippen LogP contribution in [0.25, 0.3) is 0 Å². The molecule has 0 aliphatic carbocycles. The number of rotatable bonds is 4. The van der Waals surface area contributed by atoms with Gasteiger partial charge >= 0.3 is 6.18 Å². The maximum Gasteiger partial charge on any atom is 0.417 e. The standard InChI is InChI=1S/C13H16F3N3O2/c1-9(20)19(12-4-5-21-8-12)18-7-11-3-2-10(6-17-11)13(14,15)16/h2-3,6,12,18H,4-5,7-8H2,1H3/t12-/m1/s1. The molecule has 0 aromatic carbocycles. The van der Waals surface area contributed by atoms with Gasteiger partial charge in [-0.1, -0.05) is 0 Å². The van der Waals surface area contributed by atoms with E-state index in [4.69, 9.17) is 4.74 Å². The smallest absolute Gasteiger partial charge is 0.379 e. The topological polar surface area (TPSA) is 54.5 Å². The average molecular weight is 303 g/mol. The maximum atomic E-state index is 12.4. The molecule has 0 spiro atoms. The number of hydrogen-bond acceptors (Lipinski definition) is 4. The molecule has 1 amide bonds.